The second-order valence-electron chi connectivity index (χ2n) is 6.86. The molecule has 4 aromatic rings. The number of aromatic nitrogens is 2. The molecule has 0 radical (unpaired) electrons. The second-order valence-corrected chi connectivity index (χ2v) is 6.86. The number of alkyl halides is 3. The van der Waals surface area contributed by atoms with E-state index in [1.165, 1.54) is 22.8 Å². The first-order valence-electron chi connectivity index (χ1n) is 9.03. The van der Waals surface area contributed by atoms with Crippen molar-refractivity contribution in [3.8, 4) is 5.69 Å². The summed E-state index contributed by atoms with van der Waals surface area (Å²) in [5, 5.41) is 3.35. The zero-order chi connectivity index (χ0) is 21.5. The predicted octanol–water partition coefficient (Wildman–Crippen LogP) is 4.90. The Morgan fingerprint density at radius 2 is 1.73 bits per heavy atom. The van der Waals surface area contributed by atoms with Crippen molar-refractivity contribution in [2.24, 2.45) is 0 Å². The van der Waals surface area contributed by atoms with E-state index >= 15 is 0 Å². The van der Waals surface area contributed by atoms with E-state index in [0.29, 0.717) is 16.7 Å². The summed E-state index contributed by atoms with van der Waals surface area (Å²) in [4.78, 5) is 28.0. The highest BCUT2D eigenvalue weighted by Gasteiger charge is 2.30. The maximum absolute atomic E-state index is 12.8. The Morgan fingerprint density at radius 3 is 2.40 bits per heavy atom. The molecule has 0 aliphatic rings. The second kappa shape index (κ2) is 7.22. The van der Waals surface area contributed by atoms with Crippen LogP contribution >= 0.6 is 0 Å². The van der Waals surface area contributed by atoms with Crippen LogP contribution in [0.4, 0.5) is 18.9 Å². The Kier molecular flexibility index (Phi) is 4.69. The van der Waals surface area contributed by atoms with E-state index < -0.39 is 23.2 Å². The predicted molar refractivity (Wildman–Crippen MR) is 108 cm³/mol. The molecule has 0 aliphatic carbocycles. The number of nitrogens with zero attached hydrogens (tertiary/aromatic N) is 1. The number of carbonyl (C=O) groups is 1. The average molecular weight is 411 g/mol. The van der Waals surface area contributed by atoms with Crippen molar-refractivity contribution in [3.63, 3.8) is 0 Å². The van der Waals surface area contributed by atoms with Gasteiger partial charge in [-0.2, -0.15) is 13.2 Å². The number of H-pyrrole nitrogens is 1. The fourth-order valence-corrected chi connectivity index (χ4v) is 3.22. The molecule has 0 fully saturated rings. The molecule has 2 N–H and O–H groups in total. The highest BCUT2D eigenvalue weighted by molar-refractivity contribution is 6.05. The quantitative estimate of drug-likeness (QED) is 0.504. The smallest absolute Gasteiger partial charge is 0.336 e. The fraction of sp³-hybridized carbons (Fsp3) is 0.0909. The molecule has 4 rings (SSSR count). The van der Waals surface area contributed by atoms with Crippen LogP contribution in [0.2, 0.25) is 0 Å². The van der Waals surface area contributed by atoms with Crippen molar-refractivity contribution in [1.82, 2.24) is 9.55 Å². The summed E-state index contributed by atoms with van der Waals surface area (Å²) in [5.41, 5.74) is 1.16. The van der Waals surface area contributed by atoms with Crippen LogP contribution in [0.15, 0.2) is 71.5 Å². The molecule has 152 valence electrons. The summed E-state index contributed by atoms with van der Waals surface area (Å²) in [5.74, 6) is -0.400. The van der Waals surface area contributed by atoms with E-state index in [9.17, 15) is 22.8 Å². The number of carbonyl (C=O) groups excluding carboxylic acids is 1. The van der Waals surface area contributed by atoms with Crippen molar-refractivity contribution in [1.29, 1.82) is 0 Å². The number of aromatic amines is 1. The Balaban J connectivity index is 1.73. The van der Waals surface area contributed by atoms with Gasteiger partial charge in [-0.1, -0.05) is 12.1 Å². The van der Waals surface area contributed by atoms with Gasteiger partial charge in [-0.05, 0) is 61.0 Å². The van der Waals surface area contributed by atoms with Crippen LogP contribution in [0.5, 0.6) is 0 Å². The Bertz CT molecular complexity index is 1300. The molecule has 2 heterocycles. The van der Waals surface area contributed by atoms with Crippen molar-refractivity contribution in [2.45, 2.75) is 13.1 Å². The van der Waals surface area contributed by atoms with Crippen LogP contribution in [0.3, 0.4) is 0 Å². The molecule has 0 bridgehead atoms. The largest absolute Gasteiger partial charge is 0.416 e. The van der Waals surface area contributed by atoms with Gasteiger partial charge in [0.15, 0.2) is 0 Å². The summed E-state index contributed by atoms with van der Waals surface area (Å²) in [6.07, 6.45) is -4.47. The van der Waals surface area contributed by atoms with Crippen LogP contribution in [-0.4, -0.2) is 15.5 Å². The van der Waals surface area contributed by atoms with Crippen LogP contribution in [-0.2, 0) is 6.18 Å². The topological polar surface area (TPSA) is 66.9 Å². The number of anilines is 1. The molecule has 0 spiro atoms. The lowest BCUT2D eigenvalue weighted by Crippen LogP contribution is -2.18. The van der Waals surface area contributed by atoms with Gasteiger partial charge < -0.3 is 10.3 Å². The van der Waals surface area contributed by atoms with E-state index in [1.54, 1.807) is 18.2 Å². The minimum absolute atomic E-state index is 0.220. The van der Waals surface area contributed by atoms with Crippen molar-refractivity contribution >= 4 is 22.6 Å². The molecule has 0 saturated heterocycles. The minimum atomic E-state index is -4.47. The Labute approximate surface area is 168 Å². The maximum atomic E-state index is 12.8. The molecule has 2 aromatic carbocycles. The molecule has 30 heavy (non-hydrogen) atoms. The number of aryl methyl sites for hydroxylation is 1. The lowest BCUT2D eigenvalue weighted by atomic mass is 10.2. The maximum Gasteiger partial charge on any atom is 0.416 e. The van der Waals surface area contributed by atoms with Crippen LogP contribution in [0, 0.1) is 6.92 Å². The molecular formula is C22H16F3N3O2. The first-order valence-corrected chi connectivity index (χ1v) is 9.03. The molecule has 1 amide bonds. The van der Waals surface area contributed by atoms with Crippen molar-refractivity contribution in [3.05, 3.63) is 93.9 Å². The molecular weight excluding hydrogens is 395 g/mol. The summed E-state index contributed by atoms with van der Waals surface area (Å²) in [6, 6.07) is 16.0. The highest BCUT2D eigenvalue weighted by atomic mass is 19.4. The Hall–Kier alpha value is -3.81. The SMILES string of the molecule is Cc1cccc(NC(=O)c2cc3ccc(=O)n(-c4ccc(C(F)(F)F)cc4)c3[nH]2)c1. The third kappa shape index (κ3) is 3.71. The zero-order valence-electron chi connectivity index (χ0n) is 15.7. The molecule has 0 aliphatic heterocycles. The molecule has 0 unspecified atom stereocenters. The normalized spacial score (nSPS) is 11.6. The molecule has 8 heteroatoms. The Morgan fingerprint density at radius 1 is 1.00 bits per heavy atom. The lowest BCUT2D eigenvalue weighted by Gasteiger charge is -2.10. The fourth-order valence-electron chi connectivity index (χ4n) is 3.22. The van der Waals surface area contributed by atoms with Gasteiger partial charge in [0.25, 0.3) is 11.5 Å². The number of fused-ring (bicyclic) bond motifs is 1. The average Bonchev–Trinajstić information content (AvgIpc) is 3.12. The number of amides is 1. The summed E-state index contributed by atoms with van der Waals surface area (Å²) in [6.45, 7) is 1.90. The summed E-state index contributed by atoms with van der Waals surface area (Å²) >= 11 is 0. The van der Waals surface area contributed by atoms with Gasteiger partial charge in [0.1, 0.15) is 11.3 Å². The minimum Gasteiger partial charge on any atom is -0.336 e. The number of hydrogen-bond donors (Lipinski definition) is 2. The monoisotopic (exact) mass is 411 g/mol. The van der Waals surface area contributed by atoms with Gasteiger partial charge in [-0.3, -0.25) is 14.2 Å². The third-order valence-corrected chi connectivity index (χ3v) is 4.65. The standard InChI is InChI=1S/C22H16F3N3O2/c1-13-3-2-4-16(11-13)26-21(30)18-12-14-5-10-19(29)28(20(14)27-18)17-8-6-15(7-9-17)22(23,24)25/h2-12,27H,1H3,(H,26,30). The zero-order valence-corrected chi connectivity index (χ0v) is 15.7. The first kappa shape index (κ1) is 19.5. The number of rotatable bonds is 3. The highest BCUT2D eigenvalue weighted by Crippen LogP contribution is 2.30. The van der Waals surface area contributed by atoms with Crippen LogP contribution < -0.4 is 10.9 Å². The van der Waals surface area contributed by atoms with Crippen molar-refractivity contribution < 1.29 is 18.0 Å². The van der Waals surface area contributed by atoms with E-state index in [2.05, 4.69) is 10.3 Å². The number of pyridine rings is 1. The third-order valence-electron chi connectivity index (χ3n) is 4.65. The number of benzene rings is 2. The van der Waals surface area contributed by atoms with E-state index in [1.807, 2.05) is 25.1 Å². The van der Waals surface area contributed by atoms with E-state index in [-0.39, 0.29) is 11.4 Å². The van der Waals surface area contributed by atoms with Crippen LogP contribution in [0.25, 0.3) is 16.7 Å². The molecule has 5 nitrogen and oxygen atoms in total. The lowest BCUT2D eigenvalue weighted by molar-refractivity contribution is -0.137. The van der Waals surface area contributed by atoms with Crippen LogP contribution in [0.1, 0.15) is 21.6 Å². The summed E-state index contributed by atoms with van der Waals surface area (Å²) in [7, 11) is 0. The van der Waals surface area contributed by atoms with E-state index in [4.69, 9.17) is 0 Å². The van der Waals surface area contributed by atoms with Gasteiger partial charge in [0.05, 0.1) is 11.3 Å². The van der Waals surface area contributed by atoms with Gasteiger partial charge in [-0.25, -0.2) is 0 Å². The van der Waals surface area contributed by atoms with Gasteiger partial charge in [0.2, 0.25) is 0 Å². The molecule has 0 saturated carbocycles. The first-order chi connectivity index (χ1) is 14.2. The molecule has 2 aromatic heterocycles. The summed E-state index contributed by atoms with van der Waals surface area (Å²) < 4.78 is 39.7. The van der Waals surface area contributed by atoms with Gasteiger partial charge in [-0.15, -0.1) is 0 Å². The number of hydrogen-bond acceptors (Lipinski definition) is 2. The number of halogens is 3. The van der Waals surface area contributed by atoms with Crippen molar-refractivity contribution in [2.75, 3.05) is 5.32 Å². The number of nitrogens with one attached hydrogen (secondary N) is 2. The van der Waals surface area contributed by atoms with E-state index in [0.717, 1.165) is 17.7 Å². The van der Waals surface area contributed by atoms with Gasteiger partial charge in [0, 0.05) is 17.1 Å². The van der Waals surface area contributed by atoms with Gasteiger partial charge >= 0.3 is 6.18 Å². The molecule has 0 atom stereocenters.